The molecule has 0 aromatic heterocycles. The second-order valence-electron chi connectivity index (χ2n) is 9.77. The van der Waals surface area contributed by atoms with E-state index in [0.29, 0.717) is 12.3 Å². The zero-order valence-corrected chi connectivity index (χ0v) is 16.0. The van der Waals surface area contributed by atoms with E-state index in [1.165, 1.54) is 0 Å². The Balaban J connectivity index is 1.75. The fraction of sp³-hybridized carbons (Fsp3) is 0.857. The second kappa shape index (κ2) is 5.63. The first-order valence-electron chi connectivity index (χ1n) is 10.1. The van der Waals surface area contributed by atoms with Gasteiger partial charge in [-0.3, -0.25) is 4.79 Å². The molecule has 0 aliphatic heterocycles. The molecule has 5 nitrogen and oxygen atoms in total. The molecule has 0 spiro atoms. The minimum Gasteiger partial charge on any atom is -0.390 e. The molecule has 4 N–H and O–H groups in total. The third-order valence-corrected chi connectivity index (χ3v) is 8.94. The summed E-state index contributed by atoms with van der Waals surface area (Å²) in [6, 6.07) is 0. The van der Waals surface area contributed by atoms with Crippen molar-refractivity contribution in [2.24, 2.45) is 34.5 Å². The molecule has 26 heavy (non-hydrogen) atoms. The molecule has 0 saturated heterocycles. The second-order valence-corrected chi connectivity index (χ2v) is 9.77. The van der Waals surface area contributed by atoms with Crippen LogP contribution in [0.25, 0.3) is 0 Å². The van der Waals surface area contributed by atoms with Gasteiger partial charge in [-0.15, -0.1) is 0 Å². The summed E-state index contributed by atoms with van der Waals surface area (Å²) in [6.45, 7) is 5.81. The van der Waals surface area contributed by atoms with Crippen LogP contribution in [0.4, 0.5) is 0 Å². The van der Waals surface area contributed by atoms with Crippen molar-refractivity contribution in [3.8, 4) is 0 Å². The summed E-state index contributed by atoms with van der Waals surface area (Å²) in [5.74, 6) is -1.23. The first-order valence-corrected chi connectivity index (χ1v) is 10.1. The molecule has 0 heterocycles. The number of fused-ring (bicyclic) bond motifs is 5. The monoisotopic (exact) mass is 364 g/mol. The van der Waals surface area contributed by atoms with Crippen LogP contribution in [0.1, 0.15) is 59.3 Å². The number of Topliss-reactive ketones (excluding diaryl/α,β-unsaturated/α-hetero) is 1. The Morgan fingerprint density at radius 1 is 1.12 bits per heavy atom. The van der Waals surface area contributed by atoms with Crippen molar-refractivity contribution >= 4 is 5.78 Å². The van der Waals surface area contributed by atoms with E-state index in [1.807, 2.05) is 6.92 Å². The standard InChI is InChI=1S/C21H32O5/c1-11(22)14-6-7-15-13-5-4-12-10-17(23)18(24)21(25,26)20(12,3)16(13)8-9-19(14,15)2/h4,13-18,23-26H,5-10H2,1-3H3/t13-,14+,15-,16-,17?,18?,19+,20-/m0/s1. The highest BCUT2D eigenvalue weighted by Gasteiger charge is 2.67. The van der Waals surface area contributed by atoms with Gasteiger partial charge in [0.05, 0.1) is 6.10 Å². The smallest absolute Gasteiger partial charge is 0.201 e. The molecular formula is C21H32O5. The van der Waals surface area contributed by atoms with Gasteiger partial charge in [-0.2, -0.15) is 0 Å². The molecule has 146 valence electrons. The Morgan fingerprint density at radius 2 is 1.81 bits per heavy atom. The molecule has 3 saturated carbocycles. The minimum atomic E-state index is -2.34. The van der Waals surface area contributed by atoms with Gasteiger partial charge in [0.25, 0.3) is 0 Å². The predicted octanol–water partition coefficient (Wildman–Crippen LogP) is 1.78. The number of allylic oxidation sites excluding steroid dienone is 1. The molecular weight excluding hydrogens is 332 g/mol. The van der Waals surface area contributed by atoms with Crippen molar-refractivity contribution in [2.75, 3.05) is 0 Å². The normalized spacial score (nSPS) is 52.5. The molecule has 0 amide bonds. The summed E-state index contributed by atoms with van der Waals surface area (Å²) in [5, 5.41) is 42.2. The number of hydrogen-bond donors (Lipinski definition) is 4. The topological polar surface area (TPSA) is 98.0 Å². The van der Waals surface area contributed by atoms with Gasteiger partial charge in [0.15, 0.2) is 0 Å². The fourth-order valence-electron chi connectivity index (χ4n) is 7.45. The number of ketones is 1. The molecule has 4 aliphatic rings. The van der Waals surface area contributed by atoms with Crippen molar-refractivity contribution in [1.29, 1.82) is 0 Å². The lowest BCUT2D eigenvalue weighted by Gasteiger charge is -2.62. The van der Waals surface area contributed by atoms with Crippen LogP contribution in [0, 0.1) is 34.5 Å². The first-order chi connectivity index (χ1) is 12.0. The largest absolute Gasteiger partial charge is 0.390 e. The van der Waals surface area contributed by atoms with Crippen molar-refractivity contribution in [2.45, 2.75) is 77.3 Å². The first kappa shape index (κ1) is 18.6. The van der Waals surface area contributed by atoms with E-state index in [-0.39, 0.29) is 29.0 Å². The van der Waals surface area contributed by atoms with Gasteiger partial charge in [0.1, 0.15) is 11.9 Å². The quantitative estimate of drug-likeness (QED) is 0.420. The third kappa shape index (κ3) is 2.09. The fourth-order valence-corrected chi connectivity index (χ4v) is 7.45. The van der Waals surface area contributed by atoms with Crippen molar-refractivity contribution in [3.05, 3.63) is 11.6 Å². The van der Waals surface area contributed by atoms with E-state index in [2.05, 4.69) is 13.0 Å². The Kier molecular flexibility index (Phi) is 4.03. The molecule has 3 fully saturated rings. The highest BCUT2D eigenvalue weighted by Crippen LogP contribution is 2.67. The SMILES string of the molecule is CC(=O)[C@H]1CC[C@H]2[C@@H]3CC=C4CC(O)C(O)C(O)(O)[C@]4(C)[C@H]3CC[C@]12C. The molecule has 4 aliphatic carbocycles. The van der Waals surface area contributed by atoms with E-state index < -0.39 is 23.4 Å². The van der Waals surface area contributed by atoms with E-state index in [4.69, 9.17) is 0 Å². The zero-order valence-electron chi connectivity index (χ0n) is 16.0. The third-order valence-electron chi connectivity index (χ3n) is 8.94. The lowest BCUT2D eigenvalue weighted by molar-refractivity contribution is -0.327. The molecule has 0 aromatic rings. The highest BCUT2D eigenvalue weighted by atomic mass is 16.5. The number of rotatable bonds is 1. The number of aliphatic hydroxyl groups is 4. The van der Waals surface area contributed by atoms with Gasteiger partial charge < -0.3 is 20.4 Å². The molecule has 0 bridgehead atoms. The maximum absolute atomic E-state index is 12.2. The number of carbonyl (C=O) groups excluding carboxylic acids is 1. The van der Waals surface area contributed by atoms with E-state index in [9.17, 15) is 25.2 Å². The van der Waals surface area contributed by atoms with Gasteiger partial charge in [0.2, 0.25) is 5.79 Å². The summed E-state index contributed by atoms with van der Waals surface area (Å²) in [7, 11) is 0. The van der Waals surface area contributed by atoms with Crippen LogP contribution in [0.3, 0.4) is 0 Å². The number of aliphatic hydroxyl groups excluding tert-OH is 2. The van der Waals surface area contributed by atoms with Gasteiger partial charge in [-0.25, -0.2) is 0 Å². The molecule has 0 aromatic carbocycles. The summed E-state index contributed by atoms with van der Waals surface area (Å²) in [4.78, 5) is 12.2. The minimum absolute atomic E-state index is 0.00489. The van der Waals surface area contributed by atoms with Crippen LogP contribution in [-0.2, 0) is 4.79 Å². The number of hydrogen-bond acceptors (Lipinski definition) is 5. The molecule has 0 radical (unpaired) electrons. The van der Waals surface area contributed by atoms with E-state index in [0.717, 1.165) is 37.7 Å². The molecule has 5 heteroatoms. The van der Waals surface area contributed by atoms with Crippen molar-refractivity contribution < 1.29 is 25.2 Å². The molecule has 2 unspecified atom stereocenters. The average Bonchev–Trinajstić information content (AvgIpc) is 2.92. The van der Waals surface area contributed by atoms with Crippen LogP contribution < -0.4 is 0 Å². The summed E-state index contributed by atoms with van der Waals surface area (Å²) >= 11 is 0. The summed E-state index contributed by atoms with van der Waals surface area (Å²) < 4.78 is 0. The average molecular weight is 364 g/mol. The maximum Gasteiger partial charge on any atom is 0.201 e. The lowest BCUT2D eigenvalue weighted by Crippen LogP contribution is -2.68. The zero-order chi connectivity index (χ0) is 19.1. The predicted molar refractivity (Wildman–Crippen MR) is 95.8 cm³/mol. The highest BCUT2D eigenvalue weighted by molar-refractivity contribution is 5.79. The van der Waals surface area contributed by atoms with E-state index >= 15 is 0 Å². The van der Waals surface area contributed by atoms with Gasteiger partial charge in [-0.1, -0.05) is 25.5 Å². The summed E-state index contributed by atoms with van der Waals surface area (Å²) in [5.41, 5.74) is -0.0921. The lowest BCUT2D eigenvalue weighted by atomic mass is 9.45. The summed E-state index contributed by atoms with van der Waals surface area (Å²) in [6.07, 6.45) is 4.18. The van der Waals surface area contributed by atoms with Gasteiger partial charge in [0, 0.05) is 11.3 Å². The Bertz CT molecular complexity index is 655. The van der Waals surface area contributed by atoms with Gasteiger partial charge in [-0.05, 0) is 68.6 Å². The van der Waals surface area contributed by atoms with Gasteiger partial charge >= 0.3 is 0 Å². The van der Waals surface area contributed by atoms with Crippen molar-refractivity contribution in [3.63, 3.8) is 0 Å². The Hall–Kier alpha value is -0.750. The molecule has 8 atom stereocenters. The van der Waals surface area contributed by atoms with Crippen LogP contribution in [-0.4, -0.2) is 44.2 Å². The van der Waals surface area contributed by atoms with Crippen LogP contribution in [0.2, 0.25) is 0 Å². The van der Waals surface area contributed by atoms with Crippen LogP contribution in [0.15, 0.2) is 11.6 Å². The van der Waals surface area contributed by atoms with E-state index in [1.54, 1.807) is 6.92 Å². The molecule has 4 rings (SSSR count). The maximum atomic E-state index is 12.2. The number of carbonyl (C=O) groups is 1. The van der Waals surface area contributed by atoms with Crippen molar-refractivity contribution in [1.82, 2.24) is 0 Å². The Morgan fingerprint density at radius 3 is 2.46 bits per heavy atom. The Labute approximate surface area is 155 Å². The van der Waals surface area contributed by atoms with Crippen LogP contribution in [0.5, 0.6) is 0 Å². The van der Waals surface area contributed by atoms with Crippen LogP contribution >= 0.6 is 0 Å².